The van der Waals surface area contributed by atoms with Gasteiger partial charge in [-0.05, 0) is 12.1 Å². The summed E-state index contributed by atoms with van der Waals surface area (Å²) in [5.41, 5.74) is 6.35. The Morgan fingerprint density at radius 2 is 2.06 bits per heavy atom. The summed E-state index contributed by atoms with van der Waals surface area (Å²) in [7, 11) is 3.31. The molecule has 88 valence electrons. The second kappa shape index (κ2) is 6.25. The molecule has 1 aromatic carbocycles. The number of hydrogen-bond donors (Lipinski definition) is 1. The van der Waals surface area contributed by atoms with Gasteiger partial charge in [0.05, 0.1) is 12.5 Å². The average Bonchev–Trinajstić information content (AvgIpc) is 2.35. The van der Waals surface area contributed by atoms with Crippen LogP contribution in [0, 0.1) is 0 Å². The Morgan fingerprint density at radius 3 is 2.56 bits per heavy atom. The number of amides is 1. The summed E-state index contributed by atoms with van der Waals surface area (Å²) < 4.78 is 5.08. The highest BCUT2D eigenvalue weighted by molar-refractivity contribution is 5.93. The van der Waals surface area contributed by atoms with Gasteiger partial charge in [0.1, 0.15) is 0 Å². The molecule has 0 saturated heterocycles. The Bertz CT molecular complexity index is 323. The highest BCUT2D eigenvalue weighted by Crippen LogP contribution is 2.13. The van der Waals surface area contributed by atoms with E-state index in [0.29, 0.717) is 13.0 Å². The van der Waals surface area contributed by atoms with Crippen molar-refractivity contribution in [2.75, 3.05) is 25.6 Å². The van der Waals surface area contributed by atoms with Crippen molar-refractivity contribution in [1.82, 2.24) is 0 Å². The number of ether oxygens (including phenoxy) is 1. The number of rotatable bonds is 5. The molecule has 0 fully saturated rings. The van der Waals surface area contributed by atoms with Crippen LogP contribution in [0.1, 0.15) is 6.42 Å². The molecule has 0 bridgehead atoms. The summed E-state index contributed by atoms with van der Waals surface area (Å²) in [5.74, 6) is 0.00324. The lowest BCUT2D eigenvalue weighted by Gasteiger charge is -2.20. The van der Waals surface area contributed by atoms with Gasteiger partial charge in [-0.15, -0.1) is 0 Å². The normalized spacial score (nSPS) is 12.2. The van der Waals surface area contributed by atoms with E-state index in [0.717, 1.165) is 5.69 Å². The first-order chi connectivity index (χ1) is 7.69. The van der Waals surface area contributed by atoms with E-state index in [1.54, 1.807) is 19.1 Å². The molecule has 2 N–H and O–H groups in total. The summed E-state index contributed by atoms with van der Waals surface area (Å²) in [6.07, 6.45) is 0.0944. The van der Waals surface area contributed by atoms with Gasteiger partial charge >= 0.3 is 0 Å². The molecule has 1 amide bonds. The fraction of sp³-hybridized carbons (Fsp3) is 0.417. The molecule has 0 aliphatic carbocycles. The minimum absolute atomic E-state index is 0.00324. The Balaban J connectivity index is 2.61. The van der Waals surface area contributed by atoms with Crippen molar-refractivity contribution in [3.05, 3.63) is 30.3 Å². The van der Waals surface area contributed by atoms with Crippen LogP contribution in [-0.4, -0.2) is 32.7 Å². The third kappa shape index (κ3) is 3.32. The zero-order valence-electron chi connectivity index (χ0n) is 9.72. The highest BCUT2D eigenvalue weighted by atomic mass is 16.5. The van der Waals surface area contributed by atoms with Gasteiger partial charge in [-0.2, -0.15) is 0 Å². The molecule has 0 aliphatic rings. The smallest absolute Gasteiger partial charge is 0.229 e. The third-order valence-electron chi connectivity index (χ3n) is 2.52. The number of hydrogen-bond acceptors (Lipinski definition) is 3. The molecule has 1 aromatic rings. The van der Waals surface area contributed by atoms with Crippen molar-refractivity contribution in [3.63, 3.8) is 0 Å². The number of benzene rings is 1. The van der Waals surface area contributed by atoms with E-state index >= 15 is 0 Å². The SMILES string of the molecule is COC(CN)CC(=O)N(C)c1ccccc1. The molecule has 4 heteroatoms. The number of nitrogens with two attached hydrogens (primary N) is 1. The number of carbonyl (C=O) groups is 1. The zero-order chi connectivity index (χ0) is 12.0. The van der Waals surface area contributed by atoms with Crippen molar-refractivity contribution in [1.29, 1.82) is 0 Å². The summed E-state index contributed by atoms with van der Waals surface area (Å²) in [5, 5.41) is 0. The number of carbonyl (C=O) groups excluding carboxylic acids is 1. The van der Waals surface area contributed by atoms with E-state index in [1.807, 2.05) is 30.3 Å². The minimum Gasteiger partial charge on any atom is -0.380 e. The fourth-order valence-electron chi connectivity index (χ4n) is 1.39. The molecule has 0 radical (unpaired) electrons. The first-order valence-electron chi connectivity index (χ1n) is 5.23. The van der Waals surface area contributed by atoms with Crippen LogP contribution in [0.25, 0.3) is 0 Å². The minimum atomic E-state index is -0.210. The van der Waals surface area contributed by atoms with Crippen LogP contribution in [-0.2, 0) is 9.53 Å². The molecule has 0 spiro atoms. The second-order valence-electron chi connectivity index (χ2n) is 3.59. The van der Waals surface area contributed by atoms with Gasteiger partial charge in [0.2, 0.25) is 5.91 Å². The molecule has 1 rings (SSSR count). The van der Waals surface area contributed by atoms with E-state index in [1.165, 1.54) is 0 Å². The molecule has 0 saturated carbocycles. The topological polar surface area (TPSA) is 55.6 Å². The molecular formula is C12H18N2O2. The standard InChI is InChI=1S/C12H18N2O2/c1-14(10-6-4-3-5-7-10)12(15)8-11(9-13)16-2/h3-7,11H,8-9,13H2,1-2H3. The molecule has 4 nitrogen and oxygen atoms in total. The molecular weight excluding hydrogens is 204 g/mol. The third-order valence-corrected chi connectivity index (χ3v) is 2.52. The Labute approximate surface area is 96.0 Å². The molecule has 1 unspecified atom stereocenters. The van der Waals surface area contributed by atoms with Crippen LogP contribution >= 0.6 is 0 Å². The van der Waals surface area contributed by atoms with Crippen molar-refractivity contribution in [2.45, 2.75) is 12.5 Å². The van der Waals surface area contributed by atoms with Crippen LogP contribution < -0.4 is 10.6 Å². The van der Waals surface area contributed by atoms with Gasteiger partial charge in [-0.25, -0.2) is 0 Å². The predicted molar refractivity (Wildman–Crippen MR) is 64.3 cm³/mol. The van der Waals surface area contributed by atoms with E-state index in [-0.39, 0.29) is 12.0 Å². The maximum absolute atomic E-state index is 11.9. The fourth-order valence-corrected chi connectivity index (χ4v) is 1.39. The lowest BCUT2D eigenvalue weighted by Crippen LogP contribution is -2.33. The van der Waals surface area contributed by atoms with Gasteiger partial charge in [0.15, 0.2) is 0 Å². The maximum atomic E-state index is 11.9. The summed E-state index contributed by atoms with van der Waals surface area (Å²) >= 11 is 0. The Kier molecular flexibility index (Phi) is 4.95. The van der Waals surface area contributed by atoms with Gasteiger partial charge in [0.25, 0.3) is 0 Å². The van der Waals surface area contributed by atoms with Crippen molar-refractivity contribution in [3.8, 4) is 0 Å². The van der Waals surface area contributed by atoms with E-state index < -0.39 is 0 Å². The van der Waals surface area contributed by atoms with Gasteiger partial charge in [-0.3, -0.25) is 4.79 Å². The number of nitrogens with zero attached hydrogens (tertiary/aromatic N) is 1. The first-order valence-corrected chi connectivity index (χ1v) is 5.23. The quantitative estimate of drug-likeness (QED) is 0.809. The van der Waals surface area contributed by atoms with Crippen LogP contribution in [0.15, 0.2) is 30.3 Å². The summed E-state index contributed by atoms with van der Waals surface area (Å²) in [6, 6.07) is 9.50. The van der Waals surface area contributed by atoms with Gasteiger partial charge in [-0.1, -0.05) is 18.2 Å². The number of para-hydroxylation sites is 1. The van der Waals surface area contributed by atoms with Crippen LogP contribution in [0.3, 0.4) is 0 Å². The molecule has 0 aliphatic heterocycles. The zero-order valence-corrected chi connectivity index (χ0v) is 9.72. The van der Waals surface area contributed by atoms with Gasteiger partial charge < -0.3 is 15.4 Å². The van der Waals surface area contributed by atoms with Crippen molar-refractivity contribution in [2.24, 2.45) is 5.73 Å². The summed E-state index contributed by atoms with van der Waals surface area (Å²) in [4.78, 5) is 13.5. The lowest BCUT2D eigenvalue weighted by molar-refractivity contribution is -0.120. The average molecular weight is 222 g/mol. The largest absolute Gasteiger partial charge is 0.380 e. The molecule has 0 aromatic heterocycles. The Morgan fingerprint density at radius 1 is 1.44 bits per heavy atom. The van der Waals surface area contributed by atoms with Crippen molar-refractivity contribution >= 4 is 11.6 Å². The van der Waals surface area contributed by atoms with Crippen molar-refractivity contribution < 1.29 is 9.53 Å². The maximum Gasteiger partial charge on any atom is 0.229 e. The van der Waals surface area contributed by atoms with Crippen LogP contribution in [0.4, 0.5) is 5.69 Å². The van der Waals surface area contributed by atoms with E-state index in [4.69, 9.17) is 10.5 Å². The predicted octanol–water partition coefficient (Wildman–Crippen LogP) is 1.01. The number of methoxy groups -OCH3 is 1. The monoisotopic (exact) mass is 222 g/mol. The lowest BCUT2D eigenvalue weighted by atomic mass is 10.2. The Hall–Kier alpha value is -1.39. The van der Waals surface area contributed by atoms with Crippen LogP contribution in [0.2, 0.25) is 0 Å². The summed E-state index contributed by atoms with van der Waals surface area (Å²) in [6.45, 7) is 0.352. The second-order valence-corrected chi connectivity index (χ2v) is 3.59. The number of anilines is 1. The molecule has 0 heterocycles. The van der Waals surface area contributed by atoms with E-state index in [2.05, 4.69) is 0 Å². The van der Waals surface area contributed by atoms with Gasteiger partial charge in [0, 0.05) is 26.4 Å². The van der Waals surface area contributed by atoms with Crippen LogP contribution in [0.5, 0.6) is 0 Å². The molecule has 1 atom stereocenters. The first kappa shape index (κ1) is 12.7. The highest BCUT2D eigenvalue weighted by Gasteiger charge is 2.16. The van der Waals surface area contributed by atoms with E-state index in [9.17, 15) is 4.79 Å². The molecule has 16 heavy (non-hydrogen) atoms.